The van der Waals surface area contributed by atoms with Crippen molar-refractivity contribution in [1.82, 2.24) is 0 Å². The van der Waals surface area contributed by atoms with Crippen LogP contribution in [0.25, 0.3) is 0 Å². The van der Waals surface area contributed by atoms with Gasteiger partial charge in [0.1, 0.15) is 56.6 Å². The van der Waals surface area contributed by atoms with Gasteiger partial charge in [-0.1, -0.05) is 182 Å². The van der Waals surface area contributed by atoms with Crippen LogP contribution < -0.4 is 0 Å². The molecule has 6 aromatic rings. The molecule has 2 fully saturated rings. The Kier molecular flexibility index (Phi) is 18.4. The summed E-state index contributed by atoms with van der Waals surface area (Å²) >= 11 is 0. The summed E-state index contributed by atoms with van der Waals surface area (Å²) in [4.78, 5) is 0. The minimum absolute atomic E-state index is 0.00300. The average molecular weight is 927 g/mol. The minimum Gasteiger partial charge on any atom is -0.391 e. The molecule has 1 N–H and O–H groups in total. The summed E-state index contributed by atoms with van der Waals surface area (Å²) in [7, 11) is 1.53. The lowest BCUT2D eigenvalue weighted by molar-refractivity contribution is -0.418. The third-order valence-corrected chi connectivity index (χ3v) is 12.1. The molecule has 0 bridgehead atoms. The number of rotatable bonds is 25. The van der Waals surface area contributed by atoms with E-state index < -0.39 is 54.8 Å². The van der Waals surface area contributed by atoms with E-state index in [4.69, 9.17) is 52.1 Å². The molecule has 2 saturated heterocycles. The zero-order chi connectivity index (χ0) is 46.7. The van der Waals surface area contributed by atoms with Crippen LogP contribution in [0, 0.1) is 0 Å². The summed E-state index contributed by atoms with van der Waals surface area (Å²) in [5.41, 5.74) is 5.70. The number of hydrogen-bond acceptors (Lipinski definition) is 12. The lowest BCUT2D eigenvalue weighted by Gasteiger charge is -2.52. The maximum Gasteiger partial charge on any atom is 0.224 e. The summed E-state index contributed by atoms with van der Waals surface area (Å²) in [6.45, 7) is 0.248. The Morgan fingerprint density at radius 3 is 1.06 bits per heavy atom. The Morgan fingerprint density at radius 2 is 0.721 bits per heavy atom. The fraction of sp³-hybridized carbons (Fsp3) is 0.357. The first-order valence-corrected chi connectivity index (χ1v) is 23.2. The average Bonchev–Trinajstić information content (AvgIpc) is 3.40. The van der Waals surface area contributed by atoms with Gasteiger partial charge >= 0.3 is 0 Å². The van der Waals surface area contributed by atoms with Gasteiger partial charge in [-0.15, -0.1) is 0 Å². The third kappa shape index (κ3) is 13.3. The number of ether oxygens (including phenoxy) is 11. The van der Waals surface area contributed by atoms with Crippen molar-refractivity contribution in [3.05, 3.63) is 215 Å². The molecule has 6 aromatic carbocycles. The SMILES string of the molecule is COCO[C@]1(CO[C@]2(CO)OC[C@@H](OCc3ccccc3)[C@@H](OCc3ccccc3)[C@@H]2OCc2ccccc2)OC[C@@H](OCc2ccccc2)[C@@H](OCc2ccccc2)[C@@H]1OCc1ccccc1. The predicted molar refractivity (Wildman–Crippen MR) is 253 cm³/mol. The van der Waals surface area contributed by atoms with Crippen molar-refractivity contribution in [3.8, 4) is 0 Å². The topological polar surface area (TPSA) is 122 Å². The standard InChI is InChI=1S/C56H62O12/c1-58-42-68-56(54(64-37-48-30-18-7-19-31-48)52(62-35-46-26-14-5-15-27-46)50(39-66-56)60-33-44-22-10-3-11-23-44)41-67-55(40-57)53(63-36-47-28-16-6-17-29-47)51(61-34-45-24-12-4-13-25-45)49(38-65-55)59-32-43-20-8-2-9-21-43/h2-31,49-54,57H,32-42H2,1H3/t49-,50-,51-,52-,53+,54+,55+,56+/m1/s1. The number of benzene rings is 6. The predicted octanol–water partition coefficient (Wildman–Crippen LogP) is 8.58. The van der Waals surface area contributed by atoms with Crippen LogP contribution in [-0.4, -0.2) is 93.6 Å². The van der Waals surface area contributed by atoms with Crippen molar-refractivity contribution >= 4 is 0 Å². The van der Waals surface area contributed by atoms with Gasteiger partial charge in [0.15, 0.2) is 0 Å². The highest BCUT2D eigenvalue weighted by Gasteiger charge is 2.59. The van der Waals surface area contributed by atoms with Crippen LogP contribution in [0.2, 0.25) is 0 Å². The molecule has 12 heteroatoms. The summed E-state index contributed by atoms with van der Waals surface area (Å²) in [5, 5.41) is 11.7. The van der Waals surface area contributed by atoms with Crippen molar-refractivity contribution in [1.29, 1.82) is 0 Å². The van der Waals surface area contributed by atoms with Gasteiger partial charge in [0.05, 0.1) is 52.9 Å². The third-order valence-electron chi connectivity index (χ3n) is 12.1. The van der Waals surface area contributed by atoms with Crippen LogP contribution in [0.4, 0.5) is 0 Å². The first-order chi connectivity index (χ1) is 33.6. The first-order valence-electron chi connectivity index (χ1n) is 23.2. The smallest absolute Gasteiger partial charge is 0.224 e. The molecule has 0 radical (unpaired) electrons. The highest BCUT2D eigenvalue weighted by atomic mass is 16.8. The molecule has 8 rings (SSSR count). The summed E-state index contributed by atoms with van der Waals surface area (Å²) in [5.74, 6) is -3.55. The summed E-state index contributed by atoms with van der Waals surface area (Å²) < 4.78 is 73.5. The Bertz CT molecular complexity index is 2300. The molecule has 0 amide bonds. The molecule has 0 saturated carbocycles. The van der Waals surface area contributed by atoms with Gasteiger partial charge in [-0.25, -0.2) is 0 Å². The fourth-order valence-electron chi connectivity index (χ4n) is 8.39. The van der Waals surface area contributed by atoms with E-state index >= 15 is 0 Å². The van der Waals surface area contributed by atoms with Crippen molar-refractivity contribution < 1.29 is 57.2 Å². The van der Waals surface area contributed by atoms with Gasteiger partial charge in [0.2, 0.25) is 11.6 Å². The molecule has 0 aromatic heterocycles. The number of aliphatic hydroxyl groups is 1. The van der Waals surface area contributed by atoms with Gasteiger partial charge in [0, 0.05) is 7.11 Å². The maximum atomic E-state index is 11.7. The second-order valence-electron chi connectivity index (χ2n) is 16.9. The maximum absolute atomic E-state index is 11.7. The van der Waals surface area contributed by atoms with Crippen LogP contribution in [0.5, 0.6) is 0 Å². The highest BCUT2D eigenvalue weighted by molar-refractivity contribution is 5.18. The van der Waals surface area contributed by atoms with Gasteiger partial charge in [-0.05, 0) is 33.4 Å². The first kappa shape index (κ1) is 49.3. The van der Waals surface area contributed by atoms with Crippen LogP contribution in [0.1, 0.15) is 33.4 Å². The second kappa shape index (κ2) is 25.4. The van der Waals surface area contributed by atoms with E-state index in [1.54, 1.807) is 0 Å². The molecule has 0 spiro atoms. The summed E-state index contributed by atoms with van der Waals surface area (Å²) in [6, 6.07) is 59.2. The van der Waals surface area contributed by atoms with E-state index in [9.17, 15) is 5.11 Å². The van der Waals surface area contributed by atoms with Gasteiger partial charge in [-0.3, -0.25) is 0 Å². The van der Waals surface area contributed by atoms with Crippen molar-refractivity contribution in [2.24, 2.45) is 0 Å². The molecule has 0 unspecified atom stereocenters. The van der Waals surface area contributed by atoms with Crippen LogP contribution in [0.3, 0.4) is 0 Å². The van der Waals surface area contributed by atoms with Gasteiger partial charge in [0.25, 0.3) is 0 Å². The van der Waals surface area contributed by atoms with E-state index in [1.165, 1.54) is 7.11 Å². The molecule has 12 nitrogen and oxygen atoms in total. The monoisotopic (exact) mass is 926 g/mol. The van der Waals surface area contributed by atoms with E-state index in [0.29, 0.717) is 13.2 Å². The van der Waals surface area contributed by atoms with Crippen LogP contribution in [-0.2, 0) is 91.7 Å². The zero-order valence-electron chi connectivity index (χ0n) is 38.5. The summed E-state index contributed by atoms with van der Waals surface area (Å²) in [6.07, 6.45) is -4.85. The van der Waals surface area contributed by atoms with Crippen molar-refractivity contribution in [3.63, 3.8) is 0 Å². The van der Waals surface area contributed by atoms with Gasteiger partial charge < -0.3 is 57.2 Å². The molecule has 2 heterocycles. The molecule has 8 atom stereocenters. The molecule has 2 aliphatic heterocycles. The Labute approximate surface area is 399 Å². The number of methoxy groups -OCH3 is 1. The van der Waals surface area contributed by atoms with Crippen molar-refractivity contribution in [2.45, 2.75) is 87.8 Å². The number of aliphatic hydroxyl groups excluding tert-OH is 1. The zero-order valence-corrected chi connectivity index (χ0v) is 38.5. The molecular weight excluding hydrogens is 865 g/mol. The van der Waals surface area contributed by atoms with E-state index in [1.807, 2.05) is 182 Å². The van der Waals surface area contributed by atoms with E-state index in [0.717, 1.165) is 33.4 Å². The molecular formula is C56H62O12. The normalized spacial score (nSPS) is 25.0. The second-order valence-corrected chi connectivity index (χ2v) is 16.9. The molecule has 358 valence electrons. The highest BCUT2D eigenvalue weighted by Crippen LogP contribution is 2.40. The van der Waals surface area contributed by atoms with Crippen molar-refractivity contribution in [2.75, 3.05) is 40.3 Å². The van der Waals surface area contributed by atoms with Crippen LogP contribution >= 0.6 is 0 Å². The Balaban J connectivity index is 1.14. The van der Waals surface area contributed by atoms with Gasteiger partial charge in [-0.2, -0.15) is 0 Å². The molecule has 2 aliphatic rings. The lowest BCUT2D eigenvalue weighted by atomic mass is 9.94. The van der Waals surface area contributed by atoms with E-state index in [-0.39, 0.29) is 53.0 Å². The molecule has 68 heavy (non-hydrogen) atoms. The Hall–Kier alpha value is -5.16. The quantitative estimate of drug-likeness (QED) is 0.0554. The molecule has 0 aliphatic carbocycles. The Morgan fingerprint density at radius 1 is 0.412 bits per heavy atom. The van der Waals surface area contributed by atoms with E-state index in [2.05, 4.69) is 0 Å². The number of hydrogen-bond donors (Lipinski definition) is 1. The largest absolute Gasteiger partial charge is 0.391 e. The lowest BCUT2D eigenvalue weighted by Crippen LogP contribution is -2.69. The van der Waals surface area contributed by atoms with Crippen LogP contribution in [0.15, 0.2) is 182 Å². The fourth-order valence-corrected chi connectivity index (χ4v) is 8.39. The minimum atomic E-state index is -1.83.